The number of anilines is 2. The molecule has 1 aromatic heterocycles. The molecule has 1 amide bonds. The summed E-state index contributed by atoms with van der Waals surface area (Å²) in [5, 5.41) is 6.12. The van der Waals surface area contributed by atoms with E-state index in [0.717, 1.165) is 16.8 Å². The standard InChI is InChI=1S/C20H17FIN3O/c1-13-10-17(22)6-7-18(13)25-19-11-14(8-9-23-19)12-24-20(26)15-2-4-16(21)5-3-15/h2-11H,12H2,1H3,(H,23,25)(H,24,26). The van der Waals surface area contributed by atoms with Gasteiger partial charge in [0, 0.05) is 27.6 Å². The molecule has 132 valence electrons. The van der Waals surface area contributed by atoms with Gasteiger partial charge in [0.1, 0.15) is 11.6 Å². The summed E-state index contributed by atoms with van der Waals surface area (Å²) < 4.78 is 14.1. The molecule has 0 radical (unpaired) electrons. The van der Waals surface area contributed by atoms with Crippen molar-refractivity contribution in [2.75, 3.05) is 5.32 Å². The number of benzene rings is 2. The molecule has 0 saturated carbocycles. The third-order valence-electron chi connectivity index (χ3n) is 3.84. The average Bonchev–Trinajstić information content (AvgIpc) is 2.63. The minimum Gasteiger partial charge on any atom is -0.348 e. The molecule has 2 aromatic carbocycles. The van der Waals surface area contributed by atoms with E-state index in [2.05, 4.69) is 44.3 Å². The SMILES string of the molecule is Cc1cc(I)ccc1Nc1cc(CNC(=O)c2ccc(F)cc2)ccn1. The first-order valence-corrected chi connectivity index (χ1v) is 9.11. The van der Waals surface area contributed by atoms with E-state index in [1.807, 2.05) is 31.2 Å². The van der Waals surface area contributed by atoms with Crippen LogP contribution in [0.5, 0.6) is 0 Å². The van der Waals surface area contributed by atoms with E-state index in [1.165, 1.54) is 27.8 Å². The minimum atomic E-state index is -0.364. The van der Waals surface area contributed by atoms with Crippen LogP contribution in [-0.2, 0) is 6.54 Å². The van der Waals surface area contributed by atoms with Gasteiger partial charge in [-0.25, -0.2) is 9.37 Å². The van der Waals surface area contributed by atoms with E-state index in [-0.39, 0.29) is 11.7 Å². The van der Waals surface area contributed by atoms with Crippen LogP contribution in [-0.4, -0.2) is 10.9 Å². The molecule has 0 unspecified atom stereocenters. The van der Waals surface area contributed by atoms with Gasteiger partial charge in [0.15, 0.2) is 0 Å². The Morgan fingerprint density at radius 3 is 2.62 bits per heavy atom. The Kier molecular flexibility index (Phi) is 5.82. The number of halogens is 2. The van der Waals surface area contributed by atoms with Crippen LogP contribution >= 0.6 is 22.6 Å². The first kappa shape index (κ1) is 18.3. The molecule has 4 nitrogen and oxygen atoms in total. The highest BCUT2D eigenvalue weighted by Crippen LogP contribution is 2.21. The zero-order valence-electron chi connectivity index (χ0n) is 14.1. The quantitative estimate of drug-likeness (QED) is 0.537. The van der Waals surface area contributed by atoms with Crippen molar-refractivity contribution in [1.82, 2.24) is 10.3 Å². The molecule has 0 spiro atoms. The van der Waals surface area contributed by atoms with Crippen molar-refractivity contribution in [3.8, 4) is 0 Å². The summed E-state index contributed by atoms with van der Waals surface area (Å²) in [4.78, 5) is 16.4. The molecule has 3 aromatic rings. The summed E-state index contributed by atoms with van der Waals surface area (Å²) in [5.41, 5.74) is 3.47. The lowest BCUT2D eigenvalue weighted by Gasteiger charge is -2.11. The fourth-order valence-corrected chi connectivity index (χ4v) is 3.09. The number of nitrogens with one attached hydrogen (secondary N) is 2. The maximum Gasteiger partial charge on any atom is 0.251 e. The summed E-state index contributed by atoms with van der Waals surface area (Å²) in [6.07, 6.45) is 1.70. The number of hydrogen-bond acceptors (Lipinski definition) is 3. The van der Waals surface area contributed by atoms with Crippen molar-refractivity contribution in [3.05, 3.63) is 86.9 Å². The fraction of sp³-hybridized carbons (Fsp3) is 0.100. The summed E-state index contributed by atoms with van der Waals surface area (Å²) in [6, 6.07) is 15.3. The van der Waals surface area contributed by atoms with Gasteiger partial charge in [-0.2, -0.15) is 0 Å². The van der Waals surface area contributed by atoms with Gasteiger partial charge in [-0.15, -0.1) is 0 Å². The van der Waals surface area contributed by atoms with Gasteiger partial charge in [-0.3, -0.25) is 4.79 Å². The Bertz CT molecular complexity index is 929. The normalized spacial score (nSPS) is 10.4. The molecule has 6 heteroatoms. The molecule has 0 atom stereocenters. The number of nitrogens with zero attached hydrogens (tertiary/aromatic N) is 1. The first-order valence-electron chi connectivity index (χ1n) is 8.03. The Morgan fingerprint density at radius 2 is 1.88 bits per heavy atom. The number of aromatic nitrogens is 1. The van der Waals surface area contributed by atoms with E-state index in [9.17, 15) is 9.18 Å². The molecule has 2 N–H and O–H groups in total. The predicted octanol–water partition coefficient (Wildman–Crippen LogP) is 4.81. The number of carbonyl (C=O) groups excluding carboxylic acids is 1. The summed E-state index contributed by atoms with van der Waals surface area (Å²) in [5.74, 6) is 0.102. The van der Waals surface area contributed by atoms with Gasteiger partial charge in [0.05, 0.1) is 0 Å². The lowest BCUT2D eigenvalue weighted by atomic mass is 10.2. The highest BCUT2D eigenvalue weighted by molar-refractivity contribution is 14.1. The van der Waals surface area contributed by atoms with Crippen LogP contribution in [0.3, 0.4) is 0 Å². The van der Waals surface area contributed by atoms with Gasteiger partial charge >= 0.3 is 0 Å². The van der Waals surface area contributed by atoms with Gasteiger partial charge in [0.25, 0.3) is 5.91 Å². The predicted molar refractivity (Wildman–Crippen MR) is 109 cm³/mol. The van der Waals surface area contributed by atoms with Crippen molar-refractivity contribution in [2.24, 2.45) is 0 Å². The number of aryl methyl sites for hydroxylation is 1. The van der Waals surface area contributed by atoms with E-state index in [1.54, 1.807) is 6.20 Å². The van der Waals surface area contributed by atoms with Crippen LogP contribution in [0.1, 0.15) is 21.5 Å². The average molecular weight is 461 g/mol. The Morgan fingerprint density at radius 1 is 1.12 bits per heavy atom. The Balaban J connectivity index is 1.65. The summed E-state index contributed by atoms with van der Waals surface area (Å²) >= 11 is 2.28. The molecule has 0 bridgehead atoms. The molecule has 0 saturated heterocycles. The van der Waals surface area contributed by atoms with Gasteiger partial charge in [-0.05, 0) is 95.2 Å². The number of pyridine rings is 1. The molecule has 3 rings (SSSR count). The largest absolute Gasteiger partial charge is 0.348 e. The van der Waals surface area contributed by atoms with Crippen molar-refractivity contribution in [3.63, 3.8) is 0 Å². The van der Waals surface area contributed by atoms with Crippen LogP contribution in [0.15, 0.2) is 60.8 Å². The van der Waals surface area contributed by atoms with Crippen LogP contribution in [0.4, 0.5) is 15.9 Å². The van der Waals surface area contributed by atoms with Crippen LogP contribution in [0, 0.1) is 16.3 Å². The van der Waals surface area contributed by atoms with E-state index in [0.29, 0.717) is 17.9 Å². The third kappa shape index (κ3) is 4.78. The van der Waals surface area contributed by atoms with Crippen LogP contribution in [0.25, 0.3) is 0 Å². The second-order valence-electron chi connectivity index (χ2n) is 5.82. The lowest BCUT2D eigenvalue weighted by molar-refractivity contribution is 0.0951. The monoisotopic (exact) mass is 461 g/mol. The van der Waals surface area contributed by atoms with Crippen molar-refractivity contribution >= 4 is 40.0 Å². The van der Waals surface area contributed by atoms with Crippen molar-refractivity contribution in [1.29, 1.82) is 0 Å². The molecule has 0 aliphatic carbocycles. The number of hydrogen-bond donors (Lipinski definition) is 2. The molecule has 1 heterocycles. The van der Waals surface area contributed by atoms with Gasteiger partial charge in [0.2, 0.25) is 0 Å². The van der Waals surface area contributed by atoms with Crippen LogP contribution in [0.2, 0.25) is 0 Å². The van der Waals surface area contributed by atoms with Gasteiger partial charge in [-0.1, -0.05) is 0 Å². The molecule has 0 aliphatic rings. The zero-order valence-corrected chi connectivity index (χ0v) is 16.2. The molecule has 0 aliphatic heterocycles. The Hall–Kier alpha value is -2.48. The highest BCUT2D eigenvalue weighted by Gasteiger charge is 2.06. The highest BCUT2D eigenvalue weighted by atomic mass is 127. The van der Waals surface area contributed by atoms with E-state index < -0.39 is 0 Å². The number of amides is 1. The number of carbonyl (C=O) groups is 1. The molecule has 26 heavy (non-hydrogen) atoms. The van der Waals surface area contributed by atoms with E-state index in [4.69, 9.17) is 0 Å². The molecular formula is C20H17FIN3O. The minimum absolute atomic E-state index is 0.246. The first-order chi connectivity index (χ1) is 12.5. The number of rotatable bonds is 5. The maximum absolute atomic E-state index is 12.9. The zero-order chi connectivity index (χ0) is 18.5. The maximum atomic E-state index is 12.9. The molecule has 0 fully saturated rings. The smallest absolute Gasteiger partial charge is 0.251 e. The Labute approximate surface area is 165 Å². The van der Waals surface area contributed by atoms with Crippen molar-refractivity contribution in [2.45, 2.75) is 13.5 Å². The van der Waals surface area contributed by atoms with Crippen LogP contribution < -0.4 is 10.6 Å². The fourth-order valence-electron chi connectivity index (χ4n) is 2.44. The summed E-state index contributed by atoms with van der Waals surface area (Å²) in [6.45, 7) is 2.40. The summed E-state index contributed by atoms with van der Waals surface area (Å²) in [7, 11) is 0. The van der Waals surface area contributed by atoms with Gasteiger partial charge < -0.3 is 10.6 Å². The second kappa shape index (κ2) is 8.27. The second-order valence-corrected chi connectivity index (χ2v) is 7.07. The third-order valence-corrected chi connectivity index (χ3v) is 4.51. The lowest BCUT2D eigenvalue weighted by Crippen LogP contribution is -2.22. The topological polar surface area (TPSA) is 54.0 Å². The van der Waals surface area contributed by atoms with Crippen molar-refractivity contribution < 1.29 is 9.18 Å². The van der Waals surface area contributed by atoms with E-state index >= 15 is 0 Å². The molecular weight excluding hydrogens is 444 g/mol.